The van der Waals surface area contributed by atoms with Crippen LogP contribution in [0.25, 0.3) is 0 Å². The Morgan fingerprint density at radius 1 is 1.20 bits per heavy atom. The van der Waals surface area contributed by atoms with Crippen LogP contribution < -0.4 is 15.2 Å². The van der Waals surface area contributed by atoms with E-state index in [-0.39, 0.29) is 35.2 Å². The number of nitrogens with one attached hydrogen (secondary N) is 2. The van der Waals surface area contributed by atoms with Gasteiger partial charge < -0.3 is 20.3 Å². The molecule has 0 saturated heterocycles. The van der Waals surface area contributed by atoms with Gasteiger partial charge in [-0.3, -0.25) is 10.8 Å². The molecule has 2 aromatic rings. The molecule has 0 bridgehead atoms. The number of aryl methyl sites for hydroxylation is 1. The topological polar surface area (TPSA) is 112 Å². The summed E-state index contributed by atoms with van der Waals surface area (Å²) in [5, 5.41) is 26.0. The Hall–Kier alpha value is -2.13. The first-order valence-corrected chi connectivity index (χ1v) is 10.4. The number of ether oxygens (including phenoxy) is 2. The molecule has 0 aliphatic heterocycles. The van der Waals surface area contributed by atoms with E-state index in [0.29, 0.717) is 27.5 Å². The van der Waals surface area contributed by atoms with Crippen molar-refractivity contribution in [2.75, 3.05) is 13.2 Å². The normalized spacial score (nSPS) is 12.0. The molecule has 1 atom stereocenters. The van der Waals surface area contributed by atoms with Crippen molar-refractivity contribution in [3.8, 4) is 11.5 Å². The van der Waals surface area contributed by atoms with Crippen molar-refractivity contribution >= 4 is 33.5 Å². The van der Waals surface area contributed by atoms with E-state index in [2.05, 4.69) is 0 Å². The summed E-state index contributed by atoms with van der Waals surface area (Å²) in [7, 11) is 0. The zero-order valence-corrected chi connectivity index (χ0v) is 18.5. The SMILES string of the molecule is Cc1cc(OC[C@H](N)CO)c(F)cc1C(=N)SC(=N)c1ccc(OC(C)C)c(Cl)c1. The van der Waals surface area contributed by atoms with Crippen LogP contribution in [0.4, 0.5) is 4.39 Å². The van der Waals surface area contributed by atoms with Gasteiger partial charge in [0.2, 0.25) is 0 Å². The van der Waals surface area contributed by atoms with Gasteiger partial charge >= 0.3 is 0 Å². The number of thioether (sulfide) groups is 1. The lowest BCUT2D eigenvalue weighted by molar-refractivity contribution is 0.202. The van der Waals surface area contributed by atoms with Crippen LogP contribution in [-0.2, 0) is 0 Å². The van der Waals surface area contributed by atoms with Gasteiger partial charge in [-0.05, 0) is 56.7 Å². The molecule has 6 nitrogen and oxygen atoms in total. The molecule has 162 valence electrons. The average molecular weight is 454 g/mol. The molecule has 2 rings (SSSR count). The van der Waals surface area contributed by atoms with Crippen LogP contribution in [0.15, 0.2) is 30.3 Å². The van der Waals surface area contributed by atoms with Gasteiger partial charge in [-0.1, -0.05) is 23.4 Å². The summed E-state index contributed by atoms with van der Waals surface area (Å²) in [5.41, 5.74) is 7.07. The van der Waals surface area contributed by atoms with E-state index in [9.17, 15) is 4.39 Å². The Balaban J connectivity index is 2.12. The fourth-order valence-electron chi connectivity index (χ4n) is 2.47. The van der Waals surface area contributed by atoms with E-state index < -0.39 is 11.9 Å². The van der Waals surface area contributed by atoms with E-state index in [1.807, 2.05) is 13.8 Å². The number of nitrogens with two attached hydrogens (primary N) is 1. The molecule has 0 heterocycles. The lowest BCUT2D eigenvalue weighted by Crippen LogP contribution is -2.31. The zero-order valence-electron chi connectivity index (χ0n) is 17.0. The number of aliphatic hydroxyl groups excluding tert-OH is 1. The Morgan fingerprint density at radius 2 is 1.90 bits per heavy atom. The molecule has 0 fully saturated rings. The van der Waals surface area contributed by atoms with E-state index in [1.54, 1.807) is 25.1 Å². The molecule has 0 unspecified atom stereocenters. The molecule has 9 heteroatoms. The van der Waals surface area contributed by atoms with Crippen LogP contribution in [-0.4, -0.2) is 40.6 Å². The summed E-state index contributed by atoms with van der Waals surface area (Å²) < 4.78 is 25.3. The van der Waals surface area contributed by atoms with Gasteiger partial charge in [0.25, 0.3) is 0 Å². The van der Waals surface area contributed by atoms with Gasteiger partial charge in [-0.15, -0.1) is 0 Å². The maximum Gasteiger partial charge on any atom is 0.165 e. The predicted octanol–water partition coefficient (Wildman–Crippen LogP) is 4.36. The van der Waals surface area contributed by atoms with Gasteiger partial charge in [0.15, 0.2) is 11.6 Å². The molecule has 30 heavy (non-hydrogen) atoms. The first kappa shape index (κ1) is 24.1. The third-order valence-corrected chi connectivity index (χ3v) is 5.13. The molecule has 2 aromatic carbocycles. The third-order valence-electron chi connectivity index (χ3n) is 3.97. The fourth-order valence-corrected chi connectivity index (χ4v) is 3.47. The van der Waals surface area contributed by atoms with Crippen molar-refractivity contribution in [3.63, 3.8) is 0 Å². The largest absolute Gasteiger partial charge is 0.489 e. The Morgan fingerprint density at radius 3 is 2.50 bits per heavy atom. The Bertz CT molecular complexity index is 940. The average Bonchev–Trinajstić information content (AvgIpc) is 2.68. The van der Waals surface area contributed by atoms with Crippen molar-refractivity contribution in [3.05, 3.63) is 57.9 Å². The minimum atomic E-state index is -0.643. The first-order valence-electron chi connectivity index (χ1n) is 9.23. The molecular formula is C21H25ClFN3O3S. The van der Waals surface area contributed by atoms with Gasteiger partial charge in [-0.2, -0.15) is 0 Å². The van der Waals surface area contributed by atoms with Crippen molar-refractivity contribution in [1.29, 1.82) is 10.8 Å². The Labute approximate surface area is 184 Å². The number of hydrogen-bond acceptors (Lipinski definition) is 7. The van der Waals surface area contributed by atoms with Crippen molar-refractivity contribution in [2.24, 2.45) is 5.73 Å². The van der Waals surface area contributed by atoms with Gasteiger partial charge in [0.05, 0.1) is 23.8 Å². The first-order chi connectivity index (χ1) is 14.1. The second-order valence-corrected chi connectivity index (χ2v) is 8.35. The second kappa shape index (κ2) is 10.8. The highest BCUT2D eigenvalue weighted by Gasteiger charge is 2.16. The molecule has 0 spiro atoms. The number of hydrogen-bond donors (Lipinski definition) is 4. The smallest absolute Gasteiger partial charge is 0.165 e. The number of rotatable bonds is 8. The standard InChI is InChI=1S/C21H25ClFN3O3S/c1-11(2)29-18-5-4-13(7-16(18)22)20(25)30-21(26)15-8-17(23)19(6-12(15)3)28-10-14(24)9-27/h4-8,11,14,25-27H,9-10,24H2,1-3H3/t14-/m1/s1. The highest BCUT2D eigenvalue weighted by Crippen LogP contribution is 2.30. The van der Waals surface area contributed by atoms with E-state index >= 15 is 0 Å². The van der Waals surface area contributed by atoms with Crippen molar-refractivity contribution < 1.29 is 19.0 Å². The van der Waals surface area contributed by atoms with Crippen molar-refractivity contribution in [1.82, 2.24) is 0 Å². The second-order valence-electron chi connectivity index (χ2n) is 6.92. The summed E-state index contributed by atoms with van der Waals surface area (Å²) in [5.74, 6) is -0.117. The summed E-state index contributed by atoms with van der Waals surface area (Å²) in [6.07, 6.45) is -0.0282. The van der Waals surface area contributed by atoms with Crippen LogP contribution in [0.2, 0.25) is 5.02 Å². The monoisotopic (exact) mass is 453 g/mol. The zero-order chi connectivity index (χ0) is 22.4. The maximum atomic E-state index is 14.4. The van der Waals surface area contributed by atoms with Gasteiger partial charge in [0, 0.05) is 11.1 Å². The quantitative estimate of drug-likeness (QED) is 0.350. The minimum absolute atomic E-state index is 0.000509. The molecule has 0 radical (unpaired) electrons. The van der Waals surface area contributed by atoms with Crippen LogP contribution in [0, 0.1) is 23.6 Å². The summed E-state index contributed by atoms with van der Waals surface area (Å²) in [6.45, 7) is 5.21. The molecule has 0 aliphatic carbocycles. The molecule has 0 aromatic heterocycles. The fraction of sp³-hybridized carbons (Fsp3) is 0.333. The number of aliphatic hydroxyl groups is 1. The lowest BCUT2D eigenvalue weighted by atomic mass is 10.1. The maximum absolute atomic E-state index is 14.4. The number of benzene rings is 2. The summed E-state index contributed by atoms with van der Waals surface area (Å²) in [6, 6.07) is 7.05. The third kappa shape index (κ3) is 6.43. The van der Waals surface area contributed by atoms with Crippen LogP contribution in [0.3, 0.4) is 0 Å². The lowest BCUT2D eigenvalue weighted by Gasteiger charge is -2.15. The summed E-state index contributed by atoms with van der Waals surface area (Å²) in [4.78, 5) is 0. The van der Waals surface area contributed by atoms with Gasteiger partial charge in [0.1, 0.15) is 22.4 Å². The highest BCUT2D eigenvalue weighted by atomic mass is 35.5. The predicted molar refractivity (Wildman–Crippen MR) is 120 cm³/mol. The van der Waals surface area contributed by atoms with Crippen LogP contribution in [0.1, 0.15) is 30.5 Å². The molecular weight excluding hydrogens is 429 g/mol. The Kier molecular flexibility index (Phi) is 8.66. The van der Waals surface area contributed by atoms with Crippen LogP contribution >= 0.6 is 23.4 Å². The van der Waals surface area contributed by atoms with Crippen molar-refractivity contribution in [2.45, 2.75) is 32.9 Å². The minimum Gasteiger partial charge on any atom is -0.489 e. The molecule has 0 amide bonds. The molecule has 0 aliphatic rings. The molecule has 5 N–H and O–H groups in total. The van der Waals surface area contributed by atoms with E-state index in [0.717, 1.165) is 11.8 Å². The summed E-state index contributed by atoms with van der Waals surface area (Å²) >= 11 is 7.12. The van der Waals surface area contributed by atoms with E-state index in [1.165, 1.54) is 12.1 Å². The van der Waals surface area contributed by atoms with Gasteiger partial charge in [-0.25, -0.2) is 4.39 Å². The highest BCUT2D eigenvalue weighted by molar-refractivity contribution is 8.27. The number of halogens is 2. The molecule has 0 saturated carbocycles. The van der Waals surface area contributed by atoms with E-state index in [4.69, 9.17) is 42.7 Å². The van der Waals surface area contributed by atoms with Crippen LogP contribution in [0.5, 0.6) is 11.5 Å².